The molecule has 2 aromatic rings. The summed E-state index contributed by atoms with van der Waals surface area (Å²) in [7, 11) is 1.59. The lowest BCUT2D eigenvalue weighted by molar-refractivity contribution is 0.0935. The average molecular weight is 355 g/mol. The van der Waals surface area contributed by atoms with Gasteiger partial charge in [-0.2, -0.15) is 0 Å². The number of thiazole rings is 1. The summed E-state index contributed by atoms with van der Waals surface area (Å²) in [5.41, 5.74) is 0.590. The lowest BCUT2D eigenvalue weighted by atomic mass is 10.1. The van der Waals surface area contributed by atoms with Gasteiger partial charge in [-0.1, -0.05) is 6.92 Å². The van der Waals surface area contributed by atoms with E-state index in [1.54, 1.807) is 42.8 Å². The first-order valence-electron chi connectivity index (χ1n) is 6.19. The van der Waals surface area contributed by atoms with Crippen molar-refractivity contribution in [2.45, 2.75) is 19.4 Å². The lowest BCUT2D eigenvalue weighted by Gasteiger charge is -2.15. The van der Waals surface area contributed by atoms with Gasteiger partial charge in [-0.15, -0.1) is 11.3 Å². The zero-order valence-electron chi connectivity index (χ0n) is 11.2. The first kappa shape index (κ1) is 15.0. The van der Waals surface area contributed by atoms with Crippen molar-refractivity contribution in [3.8, 4) is 5.75 Å². The summed E-state index contributed by atoms with van der Waals surface area (Å²) in [6, 6.07) is 5.21. The summed E-state index contributed by atoms with van der Waals surface area (Å²) in [6.07, 6.45) is 2.55. The van der Waals surface area contributed by atoms with Crippen molar-refractivity contribution in [2.75, 3.05) is 7.11 Å². The number of rotatable bonds is 5. The Balaban J connectivity index is 2.13. The molecule has 4 nitrogen and oxygen atoms in total. The van der Waals surface area contributed by atoms with Crippen LogP contribution in [0.5, 0.6) is 5.75 Å². The minimum atomic E-state index is -0.115. The van der Waals surface area contributed by atoms with Gasteiger partial charge >= 0.3 is 0 Å². The van der Waals surface area contributed by atoms with E-state index in [0.717, 1.165) is 15.9 Å². The van der Waals surface area contributed by atoms with Gasteiger partial charge in [0.15, 0.2) is 0 Å². The first-order chi connectivity index (χ1) is 9.65. The second-order valence-corrected chi connectivity index (χ2v) is 5.93. The molecule has 6 heteroatoms. The topological polar surface area (TPSA) is 51.2 Å². The molecule has 2 rings (SSSR count). The van der Waals surface area contributed by atoms with Crippen molar-refractivity contribution in [2.24, 2.45) is 0 Å². The molecule has 0 fully saturated rings. The molecule has 0 aliphatic carbocycles. The molecule has 0 saturated carbocycles. The number of ether oxygens (including phenoxy) is 1. The van der Waals surface area contributed by atoms with Gasteiger partial charge in [-0.3, -0.25) is 4.79 Å². The Labute approximate surface area is 130 Å². The Morgan fingerprint density at radius 3 is 2.90 bits per heavy atom. The number of amides is 1. The second-order valence-electron chi connectivity index (χ2n) is 4.15. The molecule has 1 unspecified atom stereocenters. The molecule has 20 heavy (non-hydrogen) atoms. The van der Waals surface area contributed by atoms with E-state index in [-0.39, 0.29) is 11.9 Å². The maximum atomic E-state index is 12.3. The normalized spacial score (nSPS) is 11.9. The van der Waals surface area contributed by atoms with Crippen LogP contribution in [-0.2, 0) is 0 Å². The van der Waals surface area contributed by atoms with Crippen LogP contribution in [0.2, 0.25) is 0 Å². The predicted octanol–water partition coefficient (Wildman–Crippen LogP) is 3.80. The Morgan fingerprint density at radius 1 is 1.55 bits per heavy atom. The van der Waals surface area contributed by atoms with Gasteiger partial charge < -0.3 is 10.1 Å². The maximum absolute atomic E-state index is 12.3. The van der Waals surface area contributed by atoms with Crippen LogP contribution in [0, 0.1) is 0 Å². The molecule has 1 amide bonds. The minimum absolute atomic E-state index is 0.0524. The molecule has 106 valence electrons. The molecule has 1 N–H and O–H groups in total. The van der Waals surface area contributed by atoms with Gasteiger partial charge in [-0.05, 0) is 40.5 Å². The third-order valence-corrected chi connectivity index (χ3v) is 4.39. The van der Waals surface area contributed by atoms with Crippen molar-refractivity contribution in [3.63, 3.8) is 0 Å². The van der Waals surface area contributed by atoms with Gasteiger partial charge in [0.2, 0.25) is 0 Å². The number of benzene rings is 1. The van der Waals surface area contributed by atoms with Crippen LogP contribution in [0.15, 0.2) is 34.2 Å². The SMILES string of the molecule is CCC(NC(=O)c1ccc(OC)c(Br)c1)c1nccs1. The fraction of sp³-hybridized carbons (Fsp3) is 0.286. The van der Waals surface area contributed by atoms with E-state index in [1.807, 2.05) is 12.3 Å². The summed E-state index contributed by atoms with van der Waals surface area (Å²) >= 11 is 4.93. The standard InChI is InChI=1S/C14H15BrN2O2S/c1-3-11(14-16-6-7-20-14)17-13(18)9-4-5-12(19-2)10(15)8-9/h4-8,11H,3H2,1-2H3,(H,17,18). The number of halogens is 1. The number of hydrogen-bond donors (Lipinski definition) is 1. The number of carbonyl (C=O) groups excluding carboxylic acids is 1. The van der Waals surface area contributed by atoms with Crippen molar-refractivity contribution in [1.29, 1.82) is 0 Å². The van der Waals surface area contributed by atoms with Gasteiger partial charge in [0.25, 0.3) is 5.91 Å². The molecule has 0 aliphatic rings. The predicted molar refractivity (Wildman–Crippen MR) is 83.3 cm³/mol. The maximum Gasteiger partial charge on any atom is 0.251 e. The third-order valence-electron chi connectivity index (χ3n) is 2.88. The molecular weight excluding hydrogens is 340 g/mol. The molecule has 1 heterocycles. The monoisotopic (exact) mass is 354 g/mol. The van der Waals surface area contributed by atoms with Crippen LogP contribution < -0.4 is 10.1 Å². The van der Waals surface area contributed by atoms with E-state index < -0.39 is 0 Å². The quantitative estimate of drug-likeness (QED) is 0.888. The van der Waals surface area contributed by atoms with E-state index in [1.165, 1.54) is 0 Å². The molecule has 1 aromatic heterocycles. The molecule has 0 saturated heterocycles. The largest absolute Gasteiger partial charge is 0.496 e. The highest BCUT2D eigenvalue weighted by atomic mass is 79.9. The van der Waals surface area contributed by atoms with Gasteiger partial charge in [0.05, 0.1) is 17.6 Å². The second kappa shape index (κ2) is 6.85. The van der Waals surface area contributed by atoms with Crippen LogP contribution in [0.4, 0.5) is 0 Å². The summed E-state index contributed by atoms with van der Waals surface area (Å²) in [5.74, 6) is 0.587. The number of methoxy groups -OCH3 is 1. The van der Waals surface area contributed by atoms with Crippen molar-refractivity contribution in [3.05, 3.63) is 44.8 Å². The lowest BCUT2D eigenvalue weighted by Crippen LogP contribution is -2.28. The van der Waals surface area contributed by atoms with E-state index in [9.17, 15) is 4.79 Å². The molecule has 0 spiro atoms. The first-order valence-corrected chi connectivity index (χ1v) is 7.86. The number of nitrogens with zero attached hydrogens (tertiary/aromatic N) is 1. The summed E-state index contributed by atoms with van der Waals surface area (Å²) in [5, 5.41) is 5.83. The van der Waals surface area contributed by atoms with Crippen LogP contribution in [0.25, 0.3) is 0 Å². The Morgan fingerprint density at radius 2 is 2.35 bits per heavy atom. The fourth-order valence-corrected chi connectivity index (χ4v) is 3.11. The Bertz CT molecular complexity index is 587. The molecule has 1 atom stereocenters. The van der Waals surface area contributed by atoms with Crippen molar-refractivity contribution < 1.29 is 9.53 Å². The van der Waals surface area contributed by atoms with Gasteiger partial charge in [0, 0.05) is 17.1 Å². The summed E-state index contributed by atoms with van der Waals surface area (Å²) in [4.78, 5) is 16.5. The molecule has 0 bridgehead atoms. The highest BCUT2D eigenvalue weighted by Gasteiger charge is 2.16. The van der Waals surface area contributed by atoms with E-state index >= 15 is 0 Å². The van der Waals surface area contributed by atoms with E-state index in [2.05, 4.69) is 26.2 Å². The van der Waals surface area contributed by atoms with Crippen LogP contribution in [0.3, 0.4) is 0 Å². The Kier molecular flexibility index (Phi) is 5.14. The Hall–Kier alpha value is -1.40. The number of hydrogen-bond acceptors (Lipinski definition) is 4. The number of aromatic nitrogens is 1. The molecule has 0 aliphatic heterocycles. The van der Waals surface area contributed by atoms with Gasteiger partial charge in [-0.25, -0.2) is 4.98 Å². The van der Waals surface area contributed by atoms with Crippen LogP contribution >= 0.6 is 27.3 Å². The van der Waals surface area contributed by atoms with Crippen molar-refractivity contribution in [1.82, 2.24) is 10.3 Å². The average Bonchev–Trinajstić information content (AvgIpc) is 2.98. The highest BCUT2D eigenvalue weighted by Crippen LogP contribution is 2.26. The number of nitrogens with one attached hydrogen (secondary N) is 1. The van der Waals surface area contributed by atoms with Gasteiger partial charge in [0.1, 0.15) is 10.8 Å². The van der Waals surface area contributed by atoms with Crippen LogP contribution in [-0.4, -0.2) is 18.0 Å². The molecule has 1 aromatic carbocycles. The fourth-order valence-electron chi connectivity index (χ4n) is 1.79. The molecular formula is C14H15BrN2O2S. The highest BCUT2D eigenvalue weighted by molar-refractivity contribution is 9.10. The zero-order chi connectivity index (χ0) is 14.5. The summed E-state index contributed by atoms with van der Waals surface area (Å²) < 4.78 is 5.91. The smallest absolute Gasteiger partial charge is 0.251 e. The zero-order valence-corrected chi connectivity index (χ0v) is 13.6. The van der Waals surface area contributed by atoms with E-state index in [4.69, 9.17) is 4.74 Å². The molecule has 0 radical (unpaired) electrons. The summed E-state index contributed by atoms with van der Waals surface area (Å²) in [6.45, 7) is 2.02. The third kappa shape index (κ3) is 3.37. The number of carbonyl (C=O) groups is 1. The minimum Gasteiger partial charge on any atom is -0.496 e. The van der Waals surface area contributed by atoms with E-state index in [0.29, 0.717) is 11.3 Å². The van der Waals surface area contributed by atoms with Crippen molar-refractivity contribution >= 4 is 33.2 Å². The van der Waals surface area contributed by atoms with Crippen LogP contribution in [0.1, 0.15) is 34.8 Å².